The van der Waals surface area contributed by atoms with Gasteiger partial charge in [-0.3, -0.25) is 10.2 Å². The predicted octanol–water partition coefficient (Wildman–Crippen LogP) is 1.20. The van der Waals surface area contributed by atoms with Crippen LogP contribution in [-0.4, -0.2) is 27.4 Å². The number of nitrogens with one attached hydrogen (secondary N) is 2. The highest BCUT2D eigenvalue weighted by atomic mass is 79.9. The standard InChI is InChI=1S/C12H15BrN2O5S/c1-7(2)11(16)14-15-21(18,19)10-5-4-8(13)6-9(10)12(17)20-3/h4-7,15H,1-3H3,(H,14,16). The van der Waals surface area contributed by atoms with Crippen molar-refractivity contribution >= 4 is 37.8 Å². The summed E-state index contributed by atoms with van der Waals surface area (Å²) in [6, 6.07) is 4.02. The van der Waals surface area contributed by atoms with Gasteiger partial charge in [-0.15, -0.1) is 4.83 Å². The smallest absolute Gasteiger partial charge is 0.339 e. The zero-order valence-electron chi connectivity index (χ0n) is 11.6. The number of amides is 1. The first kappa shape index (κ1) is 17.6. The molecular weight excluding hydrogens is 364 g/mol. The molecule has 0 heterocycles. The zero-order chi connectivity index (χ0) is 16.2. The number of benzene rings is 1. The van der Waals surface area contributed by atoms with Gasteiger partial charge in [-0.25, -0.2) is 13.2 Å². The quantitative estimate of drug-likeness (QED) is 0.591. The number of carbonyl (C=O) groups is 2. The number of ether oxygens (including phenoxy) is 1. The van der Waals surface area contributed by atoms with Crippen LogP contribution in [-0.2, 0) is 19.6 Å². The molecule has 0 bridgehead atoms. The summed E-state index contributed by atoms with van der Waals surface area (Å²) in [6.07, 6.45) is 0. The Balaban J connectivity index is 3.14. The summed E-state index contributed by atoms with van der Waals surface area (Å²) in [4.78, 5) is 24.7. The molecule has 7 nitrogen and oxygen atoms in total. The molecule has 9 heteroatoms. The van der Waals surface area contributed by atoms with Gasteiger partial charge < -0.3 is 4.74 Å². The van der Waals surface area contributed by atoms with E-state index in [1.165, 1.54) is 18.2 Å². The minimum atomic E-state index is -4.09. The molecule has 0 saturated carbocycles. The van der Waals surface area contributed by atoms with Gasteiger partial charge in [-0.05, 0) is 18.2 Å². The van der Waals surface area contributed by atoms with Crippen LogP contribution in [0.2, 0.25) is 0 Å². The average Bonchev–Trinajstić information content (AvgIpc) is 2.43. The molecule has 116 valence electrons. The first-order valence-corrected chi connectivity index (χ1v) is 8.16. The second-order valence-corrected chi connectivity index (χ2v) is 6.95. The number of carbonyl (C=O) groups excluding carboxylic acids is 2. The van der Waals surface area contributed by atoms with E-state index in [1.54, 1.807) is 13.8 Å². The number of hydrogen-bond donors (Lipinski definition) is 2. The number of hydrazine groups is 1. The van der Waals surface area contributed by atoms with Crippen LogP contribution in [0.3, 0.4) is 0 Å². The van der Waals surface area contributed by atoms with E-state index in [-0.39, 0.29) is 10.5 Å². The van der Waals surface area contributed by atoms with Crippen molar-refractivity contribution in [3.8, 4) is 0 Å². The van der Waals surface area contributed by atoms with Gasteiger partial charge in [0.05, 0.1) is 17.6 Å². The second-order valence-electron chi connectivity index (χ2n) is 4.38. The molecule has 2 N–H and O–H groups in total. The highest BCUT2D eigenvalue weighted by molar-refractivity contribution is 9.10. The molecule has 0 saturated heterocycles. The van der Waals surface area contributed by atoms with Crippen molar-refractivity contribution < 1.29 is 22.7 Å². The molecule has 0 aliphatic rings. The molecule has 0 aromatic heterocycles. The van der Waals surface area contributed by atoms with Gasteiger partial charge in [0.2, 0.25) is 5.91 Å². The van der Waals surface area contributed by atoms with Crippen LogP contribution in [0, 0.1) is 5.92 Å². The molecule has 0 fully saturated rings. The Labute approximate surface area is 131 Å². The maximum absolute atomic E-state index is 12.2. The molecule has 1 amide bonds. The van der Waals surface area contributed by atoms with Crippen molar-refractivity contribution in [3.63, 3.8) is 0 Å². The van der Waals surface area contributed by atoms with Gasteiger partial charge in [0, 0.05) is 10.4 Å². The number of sulfonamides is 1. The number of esters is 1. The fourth-order valence-electron chi connectivity index (χ4n) is 1.32. The average molecular weight is 379 g/mol. The third kappa shape index (κ3) is 4.51. The van der Waals surface area contributed by atoms with Crippen molar-refractivity contribution in [2.45, 2.75) is 18.7 Å². The van der Waals surface area contributed by atoms with E-state index < -0.39 is 27.8 Å². The molecule has 1 aromatic rings. The Morgan fingerprint density at radius 2 is 1.90 bits per heavy atom. The highest BCUT2D eigenvalue weighted by Gasteiger charge is 2.24. The lowest BCUT2D eigenvalue weighted by molar-refractivity contribution is -0.124. The van der Waals surface area contributed by atoms with E-state index in [4.69, 9.17) is 0 Å². The van der Waals surface area contributed by atoms with E-state index in [9.17, 15) is 18.0 Å². The third-order valence-corrected chi connectivity index (χ3v) is 4.27. The molecule has 0 aliphatic heterocycles. The fourth-order valence-corrected chi connectivity index (χ4v) is 2.71. The largest absolute Gasteiger partial charge is 0.465 e. The van der Waals surface area contributed by atoms with E-state index in [2.05, 4.69) is 26.1 Å². The van der Waals surface area contributed by atoms with Crippen LogP contribution in [0.1, 0.15) is 24.2 Å². The first-order valence-electron chi connectivity index (χ1n) is 5.88. The fraction of sp³-hybridized carbons (Fsp3) is 0.333. The van der Waals surface area contributed by atoms with Crippen molar-refractivity contribution in [2.75, 3.05) is 7.11 Å². The van der Waals surface area contributed by atoms with Crippen molar-refractivity contribution in [3.05, 3.63) is 28.2 Å². The summed E-state index contributed by atoms with van der Waals surface area (Å²) < 4.78 is 29.4. The van der Waals surface area contributed by atoms with E-state index in [0.29, 0.717) is 4.47 Å². The third-order valence-electron chi connectivity index (χ3n) is 2.47. The molecule has 0 atom stereocenters. The summed E-state index contributed by atoms with van der Waals surface area (Å²) in [6.45, 7) is 3.23. The van der Waals surface area contributed by atoms with Crippen LogP contribution in [0.5, 0.6) is 0 Å². The summed E-state index contributed by atoms with van der Waals surface area (Å²) in [5, 5.41) is 0. The van der Waals surface area contributed by atoms with Gasteiger partial charge in [-0.2, -0.15) is 0 Å². The van der Waals surface area contributed by atoms with E-state index >= 15 is 0 Å². The van der Waals surface area contributed by atoms with E-state index in [0.717, 1.165) is 7.11 Å². The number of methoxy groups -OCH3 is 1. The van der Waals surface area contributed by atoms with Crippen LogP contribution in [0.25, 0.3) is 0 Å². The van der Waals surface area contributed by atoms with Crippen LogP contribution >= 0.6 is 15.9 Å². The van der Waals surface area contributed by atoms with Crippen molar-refractivity contribution in [1.82, 2.24) is 10.3 Å². The Hall–Kier alpha value is -1.45. The number of halogens is 1. The molecule has 1 rings (SSSR count). The van der Waals surface area contributed by atoms with Crippen LogP contribution in [0.4, 0.5) is 0 Å². The summed E-state index contributed by atoms with van der Waals surface area (Å²) in [5.74, 6) is -1.68. The van der Waals surface area contributed by atoms with Crippen molar-refractivity contribution in [2.24, 2.45) is 5.92 Å². The van der Waals surface area contributed by atoms with Gasteiger partial charge in [0.15, 0.2) is 0 Å². The lowest BCUT2D eigenvalue weighted by Crippen LogP contribution is -2.43. The second kappa shape index (κ2) is 7.01. The van der Waals surface area contributed by atoms with Crippen molar-refractivity contribution in [1.29, 1.82) is 0 Å². The maximum atomic E-state index is 12.2. The lowest BCUT2D eigenvalue weighted by atomic mass is 10.2. The molecular formula is C12H15BrN2O5S. The monoisotopic (exact) mass is 378 g/mol. The highest BCUT2D eigenvalue weighted by Crippen LogP contribution is 2.21. The SMILES string of the molecule is COC(=O)c1cc(Br)ccc1S(=O)(=O)NNC(=O)C(C)C. The molecule has 1 aromatic carbocycles. The first-order chi connectivity index (χ1) is 9.69. The predicted molar refractivity (Wildman–Crippen MR) is 78.8 cm³/mol. The van der Waals surface area contributed by atoms with Crippen LogP contribution in [0.15, 0.2) is 27.6 Å². The summed E-state index contributed by atoms with van der Waals surface area (Å²) >= 11 is 3.15. The number of rotatable bonds is 5. The Bertz CT molecular complexity index is 658. The van der Waals surface area contributed by atoms with Gasteiger partial charge >= 0.3 is 5.97 Å². The Morgan fingerprint density at radius 3 is 2.43 bits per heavy atom. The van der Waals surface area contributed by atoms with E-state index in [1.807, 2.05) is 4.83 Å². The molecule has 0 aliphatic carbocycles. The summed E-state index contributed by atoms with van der Waals surface area (Å²) in [7, 11) is -2.95. The van der Waals surface area contributed by atoms with Gasteiger partial charge in [0.25, 0.3) is 10.0 Å². The minimum Gasteiger partial charge on any atom is -0.465 e. The lowest BCUT2D eigenvalue weighted by Gasteiger charge is -2.12. The Kier molecular flexibility index (Phi) is 5.87. The van der Waals surface area contributed by atoms with Crippen LogP contribution < -0.4 is 10.3 Å². The summed E-state index contributed by atoms with van der Waals surface area (Å²) in [5.41, 5.74) is 1.94. The number of hydrogen-bond acceptors (Lipinski definition) is 5. The minimum absolute atomic E-state index is 0.141. The zero-order valence-corrected chi connectivity index (χ0v) is 14.0. The molecule has 21 heavy (non-hydrogen) atoms. The maximum Gasteiger partial charge on any atom is 0.339 e. The topological polar surface area (TPSA) is 102 Å². The Morgan fingerprint density at radius 1 is 1.29 bits per heavy atom. The molecule has 0 spiro atoms. The molecule has 0 radical (unpaired) electrons. The molecule has 0 unspecified atom stereocenters. The normalized spacial score (nSPS) is 11.3. The van der Waals surface area contributed by atoms with Gasteiger partial charge in [0.1, 0.15) is 0 Å². The van der Waals surface area contributed by atoms with Gasteiger partial charge in [-0.1, -0.05) is 29.8 Å².